The number of aromatic amines is 1. The summed E-state index contributed by atoms with van der Waals surface area (Å²) < 4.78 is 5.61. The van der Waals surface area contributed by atoms with Crippen molar-refractivity contribution in [3.8, 4) is 11.5 Å². The van der Waals surface area contributed by atoms with Crippen LogP contribution >= 0.6 is 0 Å². The first-order chi connectivity index (χ1) is 8.74. The van der Waals surface area contributed by atoms with Gasteiger partial charge in [0.2, 0.25) is 17.3 Å². The molecule has 0 aliphatic carbocycles. The van der Waals surface area contributed by atoms with Gasteiger partial charge >= 0.3 is 0 Å². The molecule has 2 N–H and O–H groups in total. The minimum Gasteiger partial charge on any atom is -0.419 e. The average molecular weight is 248 g/mol. The summed E-state index contributed by atoms with van der Waals surface area (Å²) >= 11 is 0. The van der Waals surface area contributed by atoms with Crippen LogP contribution < -0.4 is 10.9 Å². The molecule has 0 amide bonds. The minimum absolute atomic E-state index is 0.0685. The lowest BCUT2D eigenvalue weighted by Crippen LogP contribution is -2.20. The summed E-state index contributed by atoms with van der Waals surface area (Å²) in [5.74, 6) is 0.984. The molecule has 6 nitrogen and oxygen atoms in total. The SMILES string of the molecule is CCNC(CC)c1nnc(-c2ccc(=O)[nH]c2)o1. The smallest absolute Gasteiger partial charge is 0.249 e. The second-order valence-corrected chi connectivity index (χ2v) is 3.91. The van der Waals surface area contributed by atoms with Crippen molar-refractivity contribution < 1.29 is 4.42 Å². The van der Waals surface area contributed by atoms with Gasteiger partial charge in [-0.1, -0.05) is 13.8 Å². The van der Waals surface area contributed by atoms with Crippen LogP contribution in [0.25, 0.3) is 11.5 Å². The summed E-state index contributed by atoms with van der Waals surface area (Å²) in [5.41, 5.74) is 0.553. The molecule has 0 bridgehead atoms. The van der Waals surface area contributed by atoms with Gasteiger partial charge in [-0.2, -0.15) is 0 Å². The Morgan fingerprint density at radius 3 is 2.83 bits per heavy atom. The number of rotatable bonds is 5. The first kappa shape index (κ1) is 12.5. The molecule has 0 saturated heterocycles. The Morgan fingerprint density at radius 2 is 2.22 bits per heavy atom. The van der Waals surface area contributed by atoms with Crippen LogP contribution in [-0.2, 0) is 0 Å². The Balaban J connectivity index is 2.24. The molecule has 18 heavy (non-hydrogen) atoms. The van der Waals surface area contributed by atoms with Gasteiger partial charge in [-0.05, 0) is 19.0 Å². The van der Waals surface area contributed by atoms with Crippen molar-refractivity contribution >= 4 is 0 Å². The number of nitrogens with zero attached hydrogens (tertiary/aromatic N) is 2. The van der Waals surface area contributed by atoms with Crippen LogP contribution in [0, 0.1) is 0 Å². The first-order valence-corrected chi connectivity index (χ1v) is 6.00. The molecule has 2 aromatic heterocycles. The second kappa shape index (κ2) is 5.59. The van der Waals surface area contributed by atoms with Crippen LogP contribution in [0.2, 0.25) is 0 Å². The molecule has 0 radical (unpaired) electrons. The van der Waals surface area contributed by atoms with Crippen LogP contribution in [0.4, 0.5) is 0 Å². The van der Waals surface area contributed by atoms with E-state index < -0.39 is 0 Å². The molecule has 0 aliphatic heterocycles. The van der Waals surface area contributed by atoms with Crippen molar-refractivity contribution in [2.45, 2.75) is 26.3 Å². The van der Waals surface area contributed by atoms with E-state index in [1.807, 2.05) is 6.92 Å². The van der Waals surface area contributed by atoms with E-state index in [2.05, 4.69) is 27.4 Å². The van der Waals surface area contributed by atoms with Gasteiger partial charge in [0.25, 0.3) is 0 Å². The Labute approximate surface area is 104 Å². The van der Waals surface area contributed by atoms with Gasteiger partial charge in [0.1, 0.15) is 0 Å². The molecule has 2 rings (SSSR count). The van der Waals surface area contributed by atoms with E-state index in [4.69, 9.17) is 4.42 Å². The zero-order valence-corrected chi connectivity index (χ0v) is 10.4. The van der Waals surface area contributed by atoms with E-state index >= 15 is 0 Å². The molecular formula is C12H16N4O2. The topological polar surface area (TPSA) is 83.8 Å². The number of hydrogen-bond acceptors (Lipinski definition) is 5. The minimum atomic E-state index is -0.155. The highest BCUT2D eigenvalue weighted by molar-refractivity contribution is 5.49. The van der Waals surface area contributed by atoms with Crippen LogP contribution in [-0.4, -0.2) is 21.7 Å². The van der Waals surface area contributed by atoms with Crippen molar-refractivity contribution in [2.24, 2.45) is 0 Å². The molecule has 0 aromatic carbocycles. The summed E-state index contributed by atoms with van der Waals surface area (Å²) in [6.45, 7) is 4.92. The standard InChI is InChI=1S/C12H16N4O2/c1-3-9(13-4-2)12-16-15-11(18-12)8-5-6-10(17)14-7-8/h5-7,9,13H,3-4H2,1-2H3,(H,14,17). The van der Waals surface area contributed by atoms with Crippen molar-refractivity contribution in [3.05, 3.63) is 34.6 Å². The van der Waals surface area contributed by atoms with Crippen molar-refractivity contribution in [1.29, 1.82) is 0 Å². The molecule has 2 aromatic rings. The lowest BCUT2D eigenvalue weighted by atomic mass is 10.2. The van der Waals surface area contributed by atoms with E-state index in [1.165, 1.54) is 6.07 Å². The van der Waals surface area contributed by atoms with Crippen molar-refractivity contribution in [3.63, 3.8) is 0 Å². The molecule has 96 valence electrons. The van der Waals surface area contributed by atoms with Gasteiger partial charge in [-0.3, -0.25) is 4.79 Å². The summed E-state index contributed by atoms with van der Waals surface area (Å²) in [6, 6.07) is 3.16. The third kappa shape index (κ3) is 2.65. The van der Waals surface area contributed by atoms with E-state index in [0.717, 1.165) is 13.0 Å². The molecule has 0 saturated carbocycles. The Kier molecular flexibility index (Phi) is 3.88. The zero-order chi connectivity index (χ0) is 13.0. The number of hydrogen-bond donors (Lipinski definition) is 2. The third-order valence-electron chi connectivity index (χ3n) is 2.63. The normalized spacial score (nSPS) is 12.6. The fourth-order valence-corrected chi connectivity index (χ4v) is 1.69. The van der Waals surface area contributed by atoms with Gasteiger partial charge in [0.05, 0.1) is 11.6 Å². The lowest BCUT2D eigenvalue weighted by Gasteiger charge is -2.09. The lowest BCUT2D eigenvalue weighted by molar-refractivity contribution is 0.402. The molecule has 0 spiro atoms. The maximum Gasteiger partial charge on any atom is 0.249 e. The summed E-state index contributed by atoms with van der Waals surface area (Å²) in [5, 5.41) is 11.3. The highest BCUT2D eigenvalue weighted by Crippen LogP contribution is 2.20. The van der Waals surface area contributed by atoms with E-state index in [1.54, 1.807) is 12.3 Å². The number of H-pyrrole nitrogens is 1. The average Bonchev–Trinajstić information content (AvgIpc) is 2.86. The van der Waals surface area contributed by atoms with Gasteiger partial charge in [-0.25, -0.2) is 0 Å². The van der Waals surface area contributed by atoms with Gasteiger partial charge in [0.15, 0.2) is 0 Å². The van der Waals surface area contributed by atoms with E-state index in [9.17, 15) is 4.79 Å². The van der Waals surface area contributed by atoms with E-state index in [-0.39, 0.29) is 11.6 Å². The molecule has 1 atom stereocenters. The maximum absolute atomic E-state index is 11.0. The first-order valence-electron chi connectivity index (χ1n) is 6.00. The van der Waals surface area contributed by atoms with Crippen molar-refractivity contribution in [2.75, 3.05) is 6.54 Å². The fourth-order valence-electron chi connectivity index (χ4n) is 1.69. The zero-order valence-electron chi connectivity index (χ0n) is 10.4. The van der Waals surface area contributed by atoms with Crippen LogP contribution in [0.1, 0.15) is 32.2 Å². The monoisotopic (exact) mass is 248 g/mol. The second-order valence-electron chi connectivity index (χ2n) is 3.91. The predicted molar refractivity (Wildman–Crippen MR) is 67.1 cm³/mol. The largest absolute Gasteiger partial charge is 0.419 e. The molecule has 6 heteroatoms. The number of pyridine rings is 1. The molecule has 0 fully saturated rings. The number of aromatic nitrogens is 3. The molecule has 1 unspecified atom stereocenters. The Bertz CT molecular complexity index is 541. The van der Waals surface area contributed by atoms with Gasteiger partial charge in [0, 0.05) is 12.3 Å². The van der Waals surface area contributed by atoms with Crippen LogP contribution in [0.15, 0.2) is 27.5 Å². The van der Waals surface area contributed by atoms with E-state index in [0.29, 0.717) is 17.3 Å². The van der Waals surface area contributed by atoms with Crippen LogP contribution in [0.5, 0.6) is 0 Å². The summed E-state index contributed by atoms with van der Waals surface area (Å²) in [6.07, 6.45) is 2.44. The summed E-state index contributed by atoms with van der Waals surface area (Å²) in [7, 11) is 0. The molecule has 0 aliphatic rings. The third-order valence-corrected chi connectivity index (χ3v) is 2.63. The Morgan fingerprint density at radius 1 is 1.39 bits per heavy atom. The highest BCUT2D eigenvalue weighted by atomic mass is 16.4. The maximum atomic E-state index is 11.0. The molecule has 2 heterocycles. The molecular weight excluding hydrogens is 232 g/mol. The predicted octanol–water partition coefficient (Wildman–Crippen LogP) is 1.49. The fraction of sp³-hybridized carbons (Fsp3) is 0.417. The van der Waals surface area contributed by atoms with Crippen molar-refractivity contribution in [1.82, 2.24) is 20.5 Å². The van der Waals surface area contributed by atoms with Crippen LogP contribution in [0.3, 0.4) is 0 Å². The van der Waals surface area contributed by atoms with Gasteiger partial charge in [-0.15, -0.1) is 10.2 Å². The van der Waals surface area contributed by atoms with Gasteiger partial charge < -0.3 is 14.7 Å². The quantitative estimate of drug-likeness (QED) is 0.837. The highest BCUT2D eigenvalue weighted by Gasteiger charge is 2.16. The number of nitrogens with one attached hydrogen (secondary N) is 2. The summed E-state index contributed by atoms with van der Waals surface area (Å²) in [4.78, 5) is 13.5. The Hall–Kier alpha value is -1.95.